The molecule has 1 aromatic heterocycles. The molecule has 0 bridgehead atoms. The van der Waals surface area contributed by atoms with Gasteiger partial charge in [0.2, 0.25) is 11.9 Å². The summed E-state index contributed by atoms with van der Waals surface area (Å²) in [5.41, 5.74) is 0.399. The van der Waals surface area contributed by atoms with Crippen LogP contribution in [0.5, 0.6) is 0 Å². The minimum atomic E-state index is -0.544. The minimum absolute atomic E-state index is 0.0738. The van der Waals surface area contributed by atoms with Crippen LogP contribution in [0.25, 0.3) is 0 Å². The second-order valence-corrected chi connectivity index (χ2v) is 7.88. The van der Waals surface area contributed by atoms with E-state index in [9.17, 15) is 14.0 Å². The monoisotopic (exact) mass is 436 g/mol. The molecule has 27 heavy (non-hydrogen) atoms. The van der Waals surface area contributed by atoms with E-state index in [1.54, 1.807) is 13.0 Å². The van der Waals surface area contributed by atoms with Crippen LogP contribution in [0.3, 0.4) is 0 Å². The number of hydrogen-bond donors (Lipinski definition) is 1. The number of amides is 1. The van der Waals surface area contributed by atoms with Crippen molar-refractivity contribution in [2.45, 2.75) is 33.2 Å². The molecule has 1 amide bonds. The molecular weight excluding hydrogens is 415 g/mol. The third kappa shape index (κ3) is 4.74. The van der Waals surface area contributed by atoms with Crippen molar-refractivity contribution in [3.05, 3.63) is 50.6 Å². The molecule has 2 heterocycles. The Kier molecular flexibility index (Phi) is 5.94. The van der Waals surface area contributed by atoms with Crippen LogP contribution >= 0.6 is 15.9 Å². The Bertz CT molecular complexity index is 907. The smallest absolute Gasteiger partial charge is 0.255 e. The van der Waals surface area contributed by atoms with Gasteiger partial charge >= 0.3 is 0 Å². The molecule has 0 spiro atoms. The highest BCUT2D eigenvalue weighted by Crippen LogP contribution is 2.22. The van der Waals surface area contributed by atoms with Crippen LogP contribution in [0.15, 0.2) is 33.5 Å². The van der Waals surface area contributed by atoms with Crippen LogP contribution in [-0.2, 0) is 11.3 Å². The predicted molar refractivity (Wildman–Crippen MR) is 107 cm³/mol. The summed E-state index contributed by atoms with van der Waals surface area (Å²) in [4.78, 5) is 31.5. The molecule has 0 radical (unpaired) electrons. The lowest BCUT2D eigenvalue weighted by Crippen LogP contribution is -2.39. The number of piperidine rings is 1. The van der Waals surface area contributed by atoms with E-state index < -0.39 is 11.7 Å². The molecule has 2 aromatic rings. The molecule has 1 aliphatic rings. The van der Waals surface area contributed by atoms with E-state index in [-0.39, 0.29) is 17.8 Å². The van der Waals surface area contributed by atoms with Crippen molar-refractivity contribution >= 4 is 33.5 Å². The lowest BCUT2D eigenvalue weighted by atomic mass is 10.00. The second-order valence-electron chi connectivity index (χ2n) is 6.96. The fourth-order valence-corrected chi connectivity index (χ4v) is 3.46. The Hall–Kier alpha value is -2.22. The first-order valence-electron chi connectivity index (χ1n) is 8.92. The molecule has 1 fully saturated rings. The van der Waals surface area contributed by atoms with E-state index in [1.807, 2.05) is 4.90 Å². The van der Waals surface area contributed by atoms with Crippen molar-refractivity contribution in [3.63, 3.8) is 0 Å². The van der Waals surface area contributed by atoms with E-state index in [4.69, 9.17) is 0 Å². The number of aryl methyl sites for hydroxylation is 1. The van der Waals surface area contributed by atoms with E-state index in [1.165, 1.54) is 22.8 Å². The first kappa shape index (κ1) is 19.5. The average Bonchev–Trinajstić information content (AvgIpc) is 2.60. The van der Waals surface area contributed by atoms with Crippen molar-refractivity contribution in [2.24, 2.45) is 5.92 Å². The summed E-state index contributed by atoms with van der Waals surface area (Å²) in [6, 6.07) is 5.79. The molecule has 3 rings (SSSR count). The number of rotatable bonds is 4. The molecular formula is C19H22BrFN4O2. The Morgan fingerprint density at radius 1 is 1.33 bits per heavy atom. The summed E-state index contributed by atoms with van der Waals surface area (Å²) >= 11 is 3.18. The van der Waals surface area contributed by atoms with Crippen LogP contribution in [0.4, 0.5) is 16.0 Å². The number of anilines is 2. The highest BCUT2D eigenvalue weighted by molar-refractivity contribution is 9.10. The molecule has 0 atom stereocenters. The number of carbonyl (C=O) groups is 1. The average molecular weight is 437 g/mol. The first-order chi connectivity index (χ1) is 12.8. The zero-order chi connectivity index (χ0) is 19.6. The summed E-state index contributed by atoms with van der Waals surface area (Å²) in [5, 5.41) is 2.52. The van der Waals surface area contributed by atoms with Gasteiger partial charge in [-0.15, -0.1) is 0 Å². The third-order valence-corrected chi connectivity index (χ3v) is 5.18. The van der Waals surface area contributed by atoms with Crippen molar-refractivity contribution < 1.29 is 9.18 Å². The number of nitrogens with zero attached hydrogens (tertiary/aromatic N) is 3. The zero-order valence-corrected chi connectivity index (χ0v) is 16.9. The molecule has 0 saturated carbocycles. The van der Waals surface area contributed by atoms with E-state index in [2.05, 4.69) is 33.2 Å². The molecule has 1 N–H and O–H groups in total. The Morgan fingerprint density at radius 2 is 2.04 bits per heavy atom. The van der Waals surface area contributed by atoms with Crippen LogP contribution in [0, 0.1) is 18.7 Å². The van der Waals surface area contributed by atoms with Gasteiger partial charge in [0.05, 0.1) is 5.69 Å². The van der Waals surface area contributed by atoms with Gasteiger partial charge in [-0.1, -0.05) is 22.9 Å². The number of nitrogens with one attached hydrogen (secondary N) is 1. The minimum Gasteiger partial charge on any atom is -0.342 e. The highest BCUT2D eigenvalue weighted by Gasteiger charge is 2.22. The molecule has 144 valence electrons. The SMILES string of the molecule is Cc1cc(=O)n(CC(=O)Nc2ccc(Br)cc2F)c(N2CCC(C)CC2)n1. The number of halogens is 2. The van der Waals surface area contributed by atoms with Gasteiger partial charge in [0.15, 0.2) is 0 Å². The summed E-state index contributed by atoms with van der Waals surface area (Å²) in [6.07, 6.45) is 2.03. The normalized spacial score (nSPS) is 15.0. The summed E-state index contributed by atoms with van der Waals surface area (Å²) in [5.74, 6) is 0.112. The standard InChI is InChI=1S/C19H22BrFN4O2/c1-12-5-7-24(8-6-12)19-22-13(2)9-18(27)25(19)11-17(26)23-16-4-3-14(20)10-15(16)21/h3-4,9-10,12H,5-8,11H2,1-2H3,(H,23,26). The maximum absolute atomic E-state index is 14.0. The molecule has 0 unspecified atom stereocenters. The molecule has 1 saturated heterocycles. The van der Waals surface area contributed by atoms with Gasteiger partial charge in [-0.2, -0.15) is 0 Å². The quantitative estimate of drug-likeness (QED) is 0.797. The maximum atomic E-state index is 14.0. The van der Waals surface area contributed by atoms with Crippen molar-refractivity contribution in [1.82, 2.24) is 9.55 Å². The summed E-state index contributed by atoms with van der Waals surface area (Å²) in [7, 11) is 0. The van der Waals surface area contributed by atoms with E-state index in [0.29, 0.717) is 22.0 Å². The Morgan fingerprint density at radius 3 is 2.70 bits per heavy atom. The number of hydrogen-bond acceptors (Lipinski definition) is 4. The van der Waals surface area contributed by atoms with Gasteiger partial charge in [-0.05, 0) is 43.9 Å². The highest BCUT2D eigenvalue weighted by atomic mass is 79.9. The first-order valence-corrected chi connectivity index (χ1v) is 9.71. The van der Waals surface area contributed by atoms with Crippen molar-refractivity contribution in [3.8, 4) is 0 Å². The van der Waals surface area contributed by atoms with Crippen LogP contribution < -0.4 is 15.8 Å². The molecule has 8 heteroatoms. The van der Waals surface area contributed by atoms with Gasteiger partial charge in [0, 0.05) is 29.3 Å². The largest absolute Gasteiger partial charge is 0.342 e. The molecule has 1 aromatic carbocycles. The number of benzene rings is 1. The van der Waals surface area contributed by atoms with Gasteiger partial charge in [0.1, 0.15) is 12.4 Å². The topological polar surface area (TPSA) is 67.2 Å². The van der Waals surface area contributed by atoms with Gasteiger partial charge in [-0.3, -0.25) is 14.2 Å². The Balaban J connectivity index is 1.83. The van der Waals surface area contributed by atoms with Gasteiger partial charge < -0.3 is 10.2 Å². The van der Waals surface area contributed by atoms with Gasteiger partial charge in [-0.25, -0.2) is 9.37 Å². The van der Waals surface area contributed by atoms with Gasteiger partial charge in [0.25, 0.3) is 5.56 Å². The predicted octanol–water partition coefficient (Wildman–Crippen LogP) is 3.33. The summed E-state index contributed by atoms with van der Waals surface area (Å²) < 4.78 is 15.9. The van der Waals surface area contributed by atoms with Crippen LogP contribution in [-0.4, -0.2) is 28.5 Å². The van der Waals surface area contributed by atoms with E-state index in [0.717, 1.165) is 25.9 Å². The molecule has 6 nitrogen and oxygen atoms in total. The van der Waals surface area contributed by atoms with Crippen LogP contribution in [0.1, 0.15) is 25.5 Å². The number of carbonyl (C=O) groups excluding carboxylic acids is 1. The second kappa shape index (κ2) is 8.21. The number of aromatic nitrogens is 2. The zero-order valence-electron chi connectivity index (χ0n) is 15.3. The summed E-state index contributed by atoms with van der Waals surface area (Å²) in [6.45, 7) is 5.33. The van der Waals surface area contributed by atoms with E-state index >= 15 is 0 Å². The maximum Gasteiger partial charge on any atom is 0.255 e. The van der Waals surface area contributed by atoms with Crippen LogP contribution in [0.2, 0.25) is 0 Å². The fraction of sp³-hybridized carbons (Fsp3) is 0.421. The third-order valence-electron chi connectivity index (χ3n) is 4.69. The molecule has 1 aliphatic heterocycles. The Labute approximate surface area is 165 Å². The van der Waals surface area contributed by atoms with Crippen molar-refractivity contribution in [1.29, 1.82) is 0 Å². The lowest BCUT2D eigenvalue weighted by Gasteiger charge is -2.32. The fourth-order valence-electron chi connectivity index (χ4n) is 3.13. The van der Waals surface area contributed by atoms with Crippen molar-refractivity contribution in [2.75, 3.05) is 23.3 Å². The molecule has 0 aliphatic carbocycles. The lowest BCUT2D eigenvalue weighted by molar-refractivity contribution is -0.116.